The van der Waals surface area contributed by atoms with E-state index in [1.165, 1.54) is 6.42 Å². The molecule has 3 rings (SSSR count). The number of ether oxygens (including phenoxy) is 2. The number of rotatable bonds is 1. The summed E-state index contributed by atoms with van der Waals surface area (Å²) in [4.78, 5) is 0. The minimum absolute atomic E-state index is 0.0769. The largest absolute Gasteiger partial charge is 0.307 e. The highest BCUT2D eigenvalue weighted by atomic mass is 17.0. The monoisotopic (exact) mass is 138 g/mol. The third-order valence-corrected chi connectivity index (χ3v) is 2.86. The van der Waals surface area contributed by atoms with Crippen molar-refractivity contribution in [3.8, 4) is 0 Å². The van der Waals surface area contributed by atoms with E-state index in [2.05, 4.69) is 6.58 Å². The second-order valence-electron chi connectivity index (χ2n) is 3.45. The van der Waals surface area contributed by atoms with Gasteiger partial charge >= 0.3 is 0 Å². The fraction of sp³-hybridized carbons (Fsp3) is 0.750. The lowest BCUT2D eigenvalue weighted by Gasteiger charge is -2.09. The Labute approximate surface area is 59.8 Å². The van der Waals surface area contributed by atoms with Crippen molar-refractivity contribution in [3.05, 3.63) is 12.7 Å². The van der Waals surface area contributed by atoms with Crippen molar-refractivity contribution >= 4 is 0 Å². The molecule has 0 aromatic heterocycles. The summed E-state index contributed by atoms with van der Waals surface area (Å²) in [6, 6.07) is 0. The average molecular weight is 138 g/mol. The van der Waals surface area contributed by atoms with Crippen LogP contribution in [0.4, 0.5) is 0 Å². The van der Waals surface area contributed by atoms with Gasteiger partial charge in [0.15, 0.2) is 0 Å². The van der Waals surface area contributed by atoms with E-state index in [0.29, 0.717) is 5.92 Å². The number of hydrogen-bond donors (Lipinski definition) is 0. The van der Waals surface area contributed by atoms with Crippen LogP contribution in [0.15, 0.2) is 12.7 Å². The molecule has 0 aromatic carbocycles. The lowest BCUT2D eigenvalue weighted by molar-refractivity contribution is -0.0934. The van der Waals surface area contributed by atoms with Crippen LogP contribution in [0.2, 0.25) is 0 Å². The number of epoxide rings is 2. The molecule has 0 spiro atoms. The Kier molecular flexibility index (Phi) is 0.634. The first-order chi connectivity index (χ1) is 4.80. The minimum atomic E-state index is -0.107. The van der Waals surface area contributed by atoms with Crippen LogP contribution in [-0.2, 0) is 9.47 Å². The molecule has 2 nitrogen and oxygen atoms in total. The number of hydrogen-bond acceptors (Lipinski definition) is 2. The molecule has 0 aromatic rings. The zero-order valence-corrected chi connectivity index (χ0v) is 5.80. The Hall–Kier alpha value is -0.340. The van der Waals surface area contributed by atoms with Crippen molar-refractivity contribution in [2.75, 3.05) is 0 Å². The summed E-state index contributed by atoms with van der Waals surface area (Å²) in [5.74, 6) is 0.439. The standard InChI is InChI=1S/C8H10O2/c1-2-6-3-4-7-8(5-6,9-7)10-7/h2,6H,1,3-5H2. The summed E-state index contributed by atoms with van der Waals surface area (Å²) < 4.78 is 10.8. The maximum absolute atomic E-state index is 5.40. The molecule has 1 saturated carbocycles. The topological polar surface area (TPSA) is 25.1 Å². The lowest BCUT2D eigenvalue weighted by atomic mass is 9.90. The van der Waals surface area contributed by atoms with Crippen LogP contribution in [0.3, 0.4) is 0 Å². The highest BCUT2D eigenvalue weighted by Crippen LogP contribution is 2.75. The van der Waals surface area contributed by atoms with Crippen LogP contribution < -0.4 is 0 Å². The molecule has 0 amide bonds. The van der Waals surface area contributed by atoms with E-state index in [0.717, 1.165) is 12.8 Å². The maximum Gasteiger partial charge on any atom is 0.230 e. The fourth-order valence-corrected chi connectivity index (χ4v) is 2.04. The molecule has 0 radical (unpaired) electrons. The van der Waals surface area contributed by atoms with Crippen molar-refractivity contribution in [2.24, 2.45) is 5.92 Å². The van der Waals surface area contributed by atoms with Gasteiger partial charge in [0.1, 0.15) is 0 Å². The highest BCUT2D eigenvalue weighted by molar-refractivity contribution is 5.21. The Morgan fingerprint density at radius 3 is 2.80 bits per heavy atom. The molecule has 54 valence electrons. The van der Waals surface area contributed by atoms with Crippen LogP contribution in [0.1, 0.15) is 19.3 Å². The molecule has 2 saturated heterocycles. The van der Waals surface area contributed by atoms with Crippen molar-refractivity contribution in [1.82, 2.24) is 0 Å². The minimum Gasteiger partial charge on any atom is -0.307 e. The van der Waals surface area contributed by atoms with Crippen LogP contribution in [0.25, 0.3) is 0 Å². The van der Waals surface area contributed by atoms with Crippen molar-refractivity contribution < 1.29 is 9.47 Å². The summed E-state index contributed by atoms with van der Waals surface area (Å²) >= 11 is 0. The summed E-state index contributed by atoms with van der Waals surface area (Å²) in [5, 5.41) is 0. The quantitative estimate of drug-likeness (QED) is 0.404. The summed E-state index contributed by atoms with van der Waals surface area (Å²) in [6.07, 6.45) is 5.31. The van der Waals surface area contributed by atoms with Gasteiger partial charge in [0.25, 0.3) is 0 Å². The van der Waals surface area contributed by atoms with Gasteiger partial charge in [0, 0.05) is 12.8 Å². The molecule has 3 aliphatic rings. The van der Waals surface area contributed by atoms with Crippen molar-refractivity contribution in [2.45, 2.75) is 30.8 Å². The normalized spacial score (nSPS) is 62.2. The molecule has 2 aliphatic heterocycles. The van der Waals surface area contributed by atoms with Gasteiger partial charge in [-0.15, -0.1) is 6.58 Å². The fourth-order valence-electron chi connectivity index (χ4n) is 2.04. The lowest BCUT2D eigenvalue weighted by Crippen LogP contribution is -2.10. The zero-order chi connectivity index (χ0) is 6.82. The number of allylic oxidation sites excluding steroid dienone is 1. The van der Waals surface area contributed by atoms with Gasteiger partial charge < -0.3 is 9.47 Å². The van der Waals surface area contributed by atoms with Gasteiger partial charge in [0.05, 0.1) is 0 Å². The van der Waals surface area contributed by atoms with Gasteiger partial charge in [-0.3, -0.25) is 0 Å². The molecule has 1 unspecified atom stereocenters. The molecule has 10 heavy (non-hydrogen) atoms. The van der Waals surface area contributed by atoms with Crippen molar-refractivity contribution in [1.29, 1.82) is 0 Å². The third-order valence-electron chi connectivity index (χ3n) is 2.86. The van der Waals surface area contributed by atoms with Gasteiger partial charge in [-0.05, 0) is 12.3 Å². The second kappa shape index (κ2) is 1.19. The third kappa shape index (κ3) is 0.386. The predicted molar refractivity (Wildman–Crippen MR) is 35.2 cm³/mol. The van der Waals surface area contributed by atoms with E-state index < -0.39 is 0 Å². The van der Waals surface area contributed by atoms with E-state index in [4.69, 9.17) is 9.47 Å². The van der Waals surface area contributed by atoms with Crippen molar-refractivity contribution in [3.63, 3.8) is 0 Å². The summed E-state index contributed by atoms with van der Waals surface area (Å²) in [7, 11) is 0. The highest BCUT2D eigenvalue weighted by Gasteiger charge is 2.91. The molecule has 2 heteroatoms. The first-order valence-corrected chi connectivity index (χ1v) is 3.83. The van der Waals surface area contributed by atoms with E-state index in [1.54, 1.807) is 0 Å². The Morgan fingerprint density at radius 1 is 1.40 bits per heavy atom. The molecule has 3 fully saturated rings. The Balaban J connectivity index is 1.83. The molecular weight excluding hydrogens is 128 g/mol. The molecule has 2 heterocycles. The molecular formula is C8H10O2. The second-order valence-corrected chi connectivity index (χ2v) is 3.45. The Bertz CT molecular complexity index is 203. The van der Waals surface area contributed by atoms with E-state index in [1.807, 2.05) is 6.08 Å². The van der Waals surface area contributed by atoms with E-state index in [-0.39, 0.29) is 11.6 Å². The first kappa shape index (κ1) is 5.33. The first-order valence-electron chi connectivity index (χ1n) is 3.83. The van der Waals surface area contributed by atoms with Gasteiger partial charge in [0.2, 0.25) is 11.6 Å². The van der Waals surface area contributed by atoms with E-state index >= 15 is 0 Å². The van der Waals surface area contributed by atoms with E-state index in [9.17, 15) is 0 Å². The van der Waals surface area contributed by atoms with Gasteiger partial charge in [-0.1, -0.05) is 6.08 Å². The SMILES string of the molecule is C=CC1CCC23OC2(C1)O3. The summed E-state index contributed by atoms with van der Waals surface area (Å²) in [5.41, 5.74) is 0. The zero-order valence-electron chi connectivity index (χ0n) is 5.80. The predicted octanol–water partition coefficient (Wildman–Crippen LogP) is 1.43. The van der Waals surface area contributed by atoms with Crippen LogP contribution in [0, 0.1) is 5.92 Å². The molecule has 1 aliphatic carbocycles. The molecule has 0 bridgehead atoms. The molecule has 1 atom stereocenters. The average Bonchev–Trinajstić information content (AvgIpc) is 2.69. The van der Waals surface area contributed by atoms with Gasteiger partial charge in [-0.25, -0.2) is 0 Å². The van der Waals surface area contributed by atoms with Crippen LogP contribution >= 0.6 is 0 Å². The Morgan fingerprint density at radius 2 is 2.20 bits per heavy atom. The van der Waals surface area contributed by atoms with Crippen LogP contribution in [0.5, 0.6) is 0 Å². The van der Waals surface area contributed by atoms with Crippen LogP contribution in [-0.4, -0.2) is 11.6 Å². The molecule has 0 N–H and O–H groups in total. The smallest absolute Gasteiger partial charge is 0.230 e. The summed E-state index contributed by atoms with van der Waals surface area (Å²) in [6.45, 7) is 3.77. The maximum atomic E-state index is 5.40. The van der Waals surface area contributed by atoms with Gasteiger partial charge in [-0.2, -0.15) is 0 Å².